The SMILES string of the molecule is O=C(c1cccs1)N1CCCn2cnc(CN3CCCC3)c2C1. The van der Waals surface area contributed by atoms with Crippen molar-refractivity contribution in [2.24, 2.45) is 0 Å². The van der Waals surface area contributed by atoms with E-state index in [1.54, 1.807) is 0 Å². The van der Waals surface area contributed by atoms with E-state index in [0.29, 0.717) is 6.54 Å². The third-order valence-electron chi connectivity index (χ3n) is 4.79. The minimum absolute atomic E-state index is 0.154. The minimum atomic E-state index is 0.154. The van der Waals surface area contributed by atoms with Gasteiger partial charge in [-0.1, -0.05) is 6.07 Å². The molecule has 5 nitrogen and oxygen atoms in total. The van der Waals surface area contributed by atoms with Gasteiger partial charge in [-0.2, -0.15) is 0 Å². The molecule has 1 fully saturated rings. The summed E-state index contributed by atoms with van der Waals surface area (Å²) in [5.74, 6) is 0.154. The molecule has 23 heavy (non-hydrogen) atoms. The van der Waals surface area contributed by atoms with Gasteiger partial charge in [0.25, 0.3) is 5.91 Å². The van der Waals surface area contributed by atoms with Crippen LogP contribution >= 0.6 is 11.3 Å². The van der Waals surface area contributed by atoms with Gasteiger partial charge in [0.05, 0.1) is 29.1 Å². The van der Waals surface area contributed by atoms with Crippen molar-refractivity contribution in [2.45, 2.75) is 38.9 Å². The molecule has 6 heteroatoms. The highest BCUT2D eigenvalue weighted by Gasteiger charge is 2.24. The molecule has 122 valence electrons. The number of hydrogen-bond donors (Lipinski definition) is 0. The Hall–Kier alpha value is -1.66. The van der Waals surface area contributed by atoms with Crippen LogP contribution in [0.4, 0.5) is 0 Å². The van der Waals surface area contributed by atoms with Crippen LogP contribution in [0, 0.1) is 0 Å². The summed E-state index contributed by atoms with van der Waals surface area (Å²) >= 11 is 1.52. The summed E-state index contributed by atoms with van der Waals surface area (Å²) < 4.78 is 2.24. The van der Waals surface area contributed by atoms with E-state index >= 15 is 0 Å². The van der Waals surface area contributed by atoms with Crippen LogP contribution in [0.15, 0.2) is 23.8 Å². The number of fused-ring (bicyclic) bond motifs is 1. The Morgan fingerprint density at radius 3 is 2.83 bits per heavy atom. The molecule has 4 heterocycles. The number of amides is 1. The first kappa shape index (κ1) is 14.9. The van der Waals surface area contributed by atoms with E-state index < -0.39 is 0 Å². The van der Waals surface area contributed by atoms with E-state index in [1.807, 2.05) is 28.7 Å². The number of carbonyl (C=O) groups excluding carboxylic acids is 1. The van der Waals surface area contributed by atoms with E-state index in [4.69, 9.17) is 0 Å². The second-order valence-electron chi connectivity index (χ2n) is 6.37. The van der Waals surface area contributed by atoms with Gasteiger partial charge in [-0.25, -0.2) is 4.98 Å². The topological polar surface area (TPSA) is 41.4 Å². The Morgan fingerprint density at radius 2 is 2.04 bits per heavy atom. The molecule has 1 saturated heterocycles. The highest BCUT2D eigenvalue weighted by molar-refractivity contribution is 7.12. The second kappa shape index (κ2) is 6.45. The van der Waals surface area contributed by atoms with Crippen molar-refractivity contribution >= 4 is 17.2 Å². The summed E-state index contributed by atoms with van der Waals surface area (Å²) in [6.07, 6.45) is 5.53. The molecule has 2 aliphatic rings. The highest BCUT2D eigenvalue weighted by atomic mass is 32.1. The molecule has 2 aromatic rings. The summed E-state index contributed by atoms with van der Waals surface area (Å²) in [4.78, 5) is 22.6. The smallest absolute Gasteiger partial charge is 0.264 e. The normalized spacial score (nSPS) is 18.9. The zero-order valence-corrected chi connectivity index (χ0v) is 14.1. The number of thiophene rings is 1. The summed E-state index contributed by atoms with van der Waals surface area (Å²) in [6, 6.07) is 3.86. The molecule has 0 aliphatic carbocycles. The van der Waals surface area contributed by atoms with Crippen LogP contribution in [-0.2, 0) is 19.6 Å². The minimum Gasteiger partial charge on any atom is -0.333 e. The van der Waals surface area contributed by atoms with E-state index in [0.717, 1.165) is 36.6 Å². The zero-order chi connectivity index (χ0) is 15.6. The zero-order valence-electron chi connectivity index (χ0n) is 13.3. The fourth-order valence-corrected chi connectivity index (χ4v) is 4.22. The number of hydrogen-bond acceptors (Lipinski definition) is 4. The third kappa shape index (κ3) is 3.05. The number of carbonyl (C=O) groups is 1. The predicted molar refractivity (Wildman–Crippen MR) is 90.4 cm³/mol. The summed E-state index contributed by atoms with van der Waals surface area (Å²) in [6.45, 7) is 5.72. The first-order chi connectivity index (χ1) is 11.3. The molecule has 0 spiro atoms. The van der Waals surface area contributed by atoms with Crippen molar-refractivity contribution in [1.82, 2.24) is 19.4 Å². The van der Waals surface area contributed by atoms with Crippen molar-refractivity contribution in [3.8, 4) is 0 Å². The van der Waals surface area contributed by atoms with Gasteiger partial charge in [0, 0.05) is 19.6 Å². The van der Waals surface area contributed by atoms with E-state index in [-0.39, 0.29) is 5.91 Å². The monoisotopic (exact) mass is 330 g/mol. The standard InChI is InChI=1S/C17H22N4OS/c22-17(16-5-3-10-23-16)20-8-4-9-21-13-18-14(15(21)12-20)11-19-6-1-2-7-19/h3,5,10,13H,1-2,4,6-9,11-12H2. The van der Waals surface area contributed by atoms with E-state index in [9.17, 15) is 4.79 Å². The molecule has 0 atom stereocenters. The van der Waals surface area contributed by atoms with Crippen LogP contribution in [0.1, 0.15) is 40.3 Å². The molecule has 0 radical (unpaired) electrons. The number of likely N-dealkylation sites (tertiary alicyclic amines) is 1. The van der Waals surface area contributed by atoms with E-state index in [1.165, 1.54) is 43.0 Å². The summed E-state index contributed by atoms with van der Waals surface area (Å²) in [5, 5.41) is 1.97. The fraction of sp³-hybridized carbons (Fsp3) is 0.529. The van der Waals surface area contributed by atoms with Gasteiger partial charge in [-0.15, -0.1) is 11.3 Å². The van der Waals surface area contributed by atoms with Crippen molar-refractivity contribution in [2.75, 3.05) is 19.6 Å². The van der Waals surface area contributed by atoms with Gasteiger partial charge >= 0.3 is 0 Å². The van der Waals surface area contributed by atoms with Crippen LogP contribution in [0.2, 0.25) is 0 Å². The van der Waals surface area contributed by atoms with Gasteiger partial charge in [0.15, 0.2) is 0 Å². The predicted octanol–water partition coefficient (Wildman–Crippen LogP) is 2.59. The van der Waals surface area contributed by atoms with Crippen LogP contribution in [0.25, 0.3) is 0 Å². The molecule has 0 N–H and O–H groups in total. The van der Waals surface area contributed by atoms with Gasteiger partial charge in [0.1, 0.15) is 0 Å². The molecule has 0 bridgehead atoms. The first-order valence-corrected chi connectivity index (χ1v) is 9.27. The lowest BCUT2D eigenvalue weighted by atomic mass is 10.2. The average Bonchev–Trinajstić information content (AvgIpc) is 3.29. The maximum Gasteiger partial charge on any atom is 0.264 e. The lowest BCUT2D eigenvalue weighted by Crippen LogP contribution is -2.31. The van der Waals surface area contributed by atoms with Gasteiger partial charge in [-0.05, 0) is 43.8 Å². The molecule has 4 rings (SSSR count). The van der Waals surface area contributed by atoms with Gasteiger partial charge < -0.3 is 9.47 Å². The van der Waals surface area contributed by atoms with Crippen LogP contribution in [0.3, 0.4) is 0 Å². The van der Waals surface area contributed by atoms with E-state index in [2.05, 4.69) is 14.5 Å². The molecule has 0 aromatic carbocycles. The number of rotatable bonds is 3. The van der Waals surface area contributed by atoms with Gasteiger partial charge in [0.2, 0.25) is 0 Å². The molecule has 1 amide bonds. The Balaban J connectivity index is 1.55. The quantitative estimate of drug-likeness (QED) is 0.868. The second-order valence-corrected chi connectivity index (χ2v) is 7.32. The summed E-state index contributed by atoms with van der Waals surface area (Å²) in [7, 11) is 0. The maximum absolute atomic E-state index is 12.7. The van der Waals surface area contributed by atoms with Gasteiger partial charge in [-0.3, -0.25) is 9.69 Å². The highest BCUT2D eigenvalue weighted by Crippen LogP contribution is 2.22. The molecular weight excluding hydrogens is 308 g/mol. The maximum atomic E-state index is 12.7. The largest absolute Gasteiger partial charge is 0.333 e. The number of aryl methyl sites for hydroxylation is 1. The Kier molecular flexibility index (Phi) is 4.18. The van der Waals surface area contributed by atoms with Crippen molar-refractivity contribution < 1.29 is 4.79 Å². The molecular formula is C17H22N4OS. The third-order valence-corrected chi connectivity index (χ3v) is 5.65. The molecule has 2 aliphatic heterocycles. The Bertz CT molecular complexity index is 673. The molecule has 0 saturated carbocycles. The average molecular weight is 330 g/mol. The van der Waals surface area contributed by atoms with Crippen molar-refractivity contribution in [3.63, 3.8) is 0 Å². The molecule has 0 unspecified atom stereocenters. The fourth-order valence-electron chi connectivity index (χ4n) is 3.53. The Labute approximate surface area is 140 Å². The number of aromatic nitrogens is 2. The number of nitrogens with zero attached hydrogens (tertiary/aromatic N) is 4. The Morgan fingerprint density at radius 1 is 1.17 bits per heavy atom. The molecule has 2 aromatic heterocycles. The van der Waals surface area contributed by atoms with Crippen LogP contribution in [0.5, 0.6) is 0 Å². The summed E-state index contributed by atoms with van der Waals surface area (Å²) in [5.41, 5.74) is 2.37. The van der Waals surface area contributed by atoms with Crippen LogP contribution in [-0.4, -0.2) is 44.9 Å². The number of imidazole rings is 1. The van der Waals surface area contributed by atoms with Crippen LogP contribution < -0.4 is 0 Å². The first-order valence-electron chi connectivity index (χ1n) is 8.39. The van der Waals surface area contributed by atoms with Crippen molar-refractivity contribution in [3.05, 3.63) is 40.1 Å². The lowest BCUT2D eigenvalue weighted by molar-refractivity contribution is 0.0750. The lowest BCUT2D eigenvalue weighted by Gasteiger charge is -2.21. The van der Waals surface area contributed by atoms with Crippen molar-refractivity contribution in [1.29, 1.82) is 0 Å².